The van der Waals surface area contributed by atoms with Gasteiger partial charge in [0.15, 0.2) is 0 Å². The summed E-state index contributed by atoms with van der Waals surface area (Å²) in [6.45, 7) is 3.35. The molecule has 0 bridgehead atoms. The van der Waals surface area contributed by atoms with E-state index >= 15 is 0 Å². The van der Waals surface area contributed by atoms with E-state index in [0.29, 0.717) is 53.0 Å². The molecule has 1 aliphatic rings. The standard InChI is InChI=1S/C22H22ClNO4S/c1-3-28-14-4-13-24-21(25)19(15-5-9-17(27-2)10-6-15)20(22(24)26)29-18-11-7-16(23)8-12-18/h5-12H,3-4,13-14H2,1-2H3. The third-order valence-electron chi connectivity index (χ3n) is 4.41. The Hall–Kier alpha value is -2.28. The number of rotatable bonds is 9. The second-order valence-electron chi connectivity index (χ2n) is 6.30. The lowest BCUT2D eigenvalue weighted by Gasteiger charge is -2.15. The first kappa shape index (κ1) is 21.4. The summed E-state index contributed by atoms with van der Waals surface area (Å²) >= 11 is 7.24. The second-order valence-corrected chi connectivity index (χ2v) is 7.82. The number of thioether (sulfide) groups is 1. The highest BCUT2D eigenvalue weighted by atomic mass is 35.5. The van der Waals surface area contributed by atoms with Gasteiger partial charge in [-0.05, 0) is 55.3 Å². The van der Waals surface area contributed by atoms with Crippen molar-refractivity contribution in [3.8, 4) is 5.75 Å². The minimum absolute atomic E-state index is 0.280. The summed E-state index contributed by atoms with van der Waals surface area (Å²) in [6, 6.07) is 14.3. The van der Waals surface area contributed by atoms with Crippen LogP contribution in [0, 0.1) is 0 Å². The number of halogens is 1. The van der Waals surface area contributed by atoms with Crippen LogP contribution >= 0.6 is 23.4 Å². The first-order chi connectivity index (χ1) is 14.0. The Balaban J connectivity index is 1.92. The van der Waals surface area contributed by atoms with Gasteiger partial charge in [-0.1, -0.05) is 35.5 Å². The predicted molar refractivity (Wildman–Crippen MR) is 115 cm³/mol. The average molecular weight is 432 g/mol. The molecule has 0 aromatic heterocycles. The van der Waals surface area contributed by atoms with Gasteiger partial charge < -0.3 is 9.47 Å². The van der Waals surface area contributed by atoms with Crippen LogP contribution in [0.25, 0.3) is 5.57 Å². The topological polar surface area (TPSA) is 55.8 Å². The molecule has 0 aliphatic carbocycles. The van der Waals surface area contributed by atoms with E-state index in [9.17, 15) is 9.59 Å². The Kier molecular flexibility index (Phi) is 7.36. The molecule has 0 fully saturated rings. The lowest BCUT2D eigenvalue weighted by molar-refractivity contribution is -0.136. The van der Waals surface area contributed by atoms with Gasteiger partial charge in [0.05, 0.1) is 17.6 Å². The third-order valence-corrected chi connectivity index (χ3v) is 5.75. The van der Waals surface area contributed by atoms with Gasteiger partial charge in [0, 0.05) is 29.7 Å². The molecule has 5 nitrogen and oxygen atoms in total. The molecule has 2 amide bonds. The van der Waals surface area contributed by atoms with Crippen molar-refractivity contribution in [3.63, 3.8) is 0 Å². The quantitative estimate of drug-likeness (QED) is 0.427. The van der Waals surface area contributed by atoms with Crippen LogP contribution in [0.3, 0.4) is 0 Å². The SMILES string of the molecule is CCOCCCN1C(=O)C(Sc2ccc(Cl)cc2)=C(c2ccc(OC)cc2)C1=O. The van der Waals surface area contributed by atoms with Gasteiger partial charge in [-0.25, -0.2) is 0 Å². The summed E-state index contributed by atoms with van der Waals surface area (Å²) in [7, 11) is 1.58. The van der Waals surface area contributed by atoms with Gasteiger partial charge in [-0.3, -0.25) is 14.5 Å². The Morgan fingerprint density at radius 2 is 1.69 bits per heavy atom. The summed E-state index contributed by atoms with van der Waals surface area (Å²) in [5.41, 5.74) is 1.10. The average Bonchev–Trinajstić information content (AvgIpc) is 2.97. The zero-order valence-electron chi connectivity index (χ0n) is 16.3. The lowest BCUT2D eigenvalue weighted by atomic mass is 10.1. The molecule has 0 atom stereocenters. The predicted octanol–water partition coefficient (Wildman–Crippen LogP) is 4.65. The van der Waals surface area contributed by atoms with Crippen LogP contribution in [-0.2, 0) is 14.3 Å². The van der Waals surface area contributed by atoms with Crippen LogP contribution in [0.2, 0.25) is 5.02 Å². The van der Waals surface area contributed by atoms with Gasteiger partial charge >= 0.3 is 0 Å². The van der Waals surface area contributed by atoms with Crippen molar-refractivity contribution >= 4 is 40.8 Å². The molecule has 0 unspecified atom stereocenters. The zero-order valence-corrected chi connectivity index (χ0v) is 17.9. The third kappa shape index (κ3) is 5.01. The summed E-state index contributed by atoms with van der Waals surface area (Å²) in [5, 5.41) is 0.616. The number of nitrogens with zero attached hydrogens (tertiary/aromatic N) is 1. The number of hydrogen-bond donors (Lipinski definition) is 0. The van der Waals surface area contributed by atoms with Crippen molar-refractivity contribution in [1.82, 2.24) is 4.90 Å². The number of methoxy groups -OCH3 is 1. The number of imide groups is 1. The highest BCUT2D eigenvalue weighted by Gasteiger charge is 2.39. The van der Waals surface area contributed by atoms with Crippen LogP contribution in [0.15, 0.2) is 58.3 Å². The van der Waals surface area contributed by atoms with Gasteiger partial charge in [0.25, 0.3) is 11.8 Å². The first-order valence-corrected chi connectivity index (χ1v) is 10.5. The van der Waals surface area contributed by atoms with Gasteiger partial charge in [-0.2, -0.15) is 0 Å². The molecule has 152 valence electrons. The van der Waals surface area contributed by atoms with Crippen molar-refractivity contribution in [2.75, 3.05) is 26.9 Å². The molecule has 29 heavy (non-hydrogen) atoms. The van der Waals surface area contributed by atoms with Gasteiger partial charge in [-0.15, -0.1) is 0 Å². The molecule has 2 aromatic carbocycles. The Morgan fingerprint density at radius 1 is 1.00 bits per heavy atom. The van der Waals surface area contributed by atoms with E-state index in [2.05, 4.69) is 0 Å². The molecule has 2 aromatic rings. The number of carbonyl (C=O) groups is 2. The second kappa shape index (κ2) is 9.96. The number of hydrogen-bond acceptors (Lipinski definition) is 5. The molecule has 7 heteroatoms. The monoisotopic (exact) mass is 431 g/mol. The van der Waals surface area contributed by atoms with Gasteiger partial charge in [0.1, 0.15) is 5.75 Å². The largest absolute Gasteiger partial charge is 0.497 e. The fraction of sp³-hybridized carbons (Fsp3) is 0.273. The van der Waals surface area contributed by atoms with Crippen LogP contribution in [-0.4, -0.2) is 43.6 Å². The molecule has 0 saturated heterocycles. The number of amides is 2. The lowest BCUT2D eigenvalue weighted by Crippen LogP contribution is -2.33. The van der Waals surface area contributed by atoms with E-state index in [0.717, 1.165) is 4.90 Å². The molecule has 0 radical (unpaired) electrons. The summed E-state index contributed by atoms with van der Waals surface area (Å²) in [5.74, 6) is 0.122. The number of benzene rings is 2. The van der Waals surface area contributed by atoms with Crippen molar-refractivity contribution in [3.05, 3.63) is 64.0 Å². The fourth-order valence-corrected chi connectivity index (χ4v) is 4.09. The molecule has 1 heterocycles. The van der Waals surface area contributed by atoms with Crippen molar-refractivity contribution in [1.29, 1.82) is 0 Å². The summed E-state index contributed by atoms with van der Waals surface area (Å²) in [6.07, 6.45) is 0.597. The summed E-state index contributed by atoms with van der Waals surface area (Å²) < 4.78 is 10.5. The molecular formula is C22H22ClNO4S. The van der Waals surface area contributed by atoms with E-state index in [-0.39, 0.29) is 11.8 Å². The molecule has 1 aliphatic heterocycles. The number of carbonyl (C=O) groups excluding carboxylic acids is 2. The maximum Gasteiger partial charge on any atom is 0.268 e. The Bertz CT molecular complexity index is 909. The number of ether oxygens (including phenoxy) is 2. The minimum Gasteiger partial charge on any atom is -0.497 e. The van der Waals surface area contributed by atoms with Crippen molar-refractivity contribution < 1.29 is 19.1 Å². The zero-order chi connectivity index (χ0) is 20.8. The normalized spacial score (nSPS) is 14.1. The van der Waals surface area contributed by atoms with Crippen LogP contribution in [0.1, 0.15) is 18.9 Å². The molecular weight excluding hydrogens is 410 g/mol. The maximum atomic E-state index is 13.1. The van der Waals surface area contributed by atoms with E-state index in [1.807, 2.05) is 19.1 Å². The van der Waals surface area contributed by atoms with E-state index < -0.39 is 0 Å². The maximum absolute atomic E-state index is 13.1. The van der Waals surface area contributed by atoms with E-state index in [1.165, 1.54) is 16.7 Å². The van der Waals surface area contributed by atoms with Crippen LogP contribution < -0.4 is 4.74 Å². The van der Waals surface area contributed by atoms with E-state index in [1.54, 1.807) is 43.5 Å². The van der Waals surface area contributed by atoms with Crippen molar-refractivity contribution in [2.45, 2.75) is 18.2 Å². The highest BCUT2D eigenvalue weighted by molar-refractivity contribution is 8.04. The smallest absolute Gasteiger partial charge is 0.268 e. The fourth-order valence-electron chi connectivity index (χ4n) is 2.95. The van der Waals surface area contributed by atoms with Crippen LogP contribution in [0.5, 0.6) is 5.75 Å². The Labute approximate surface area is 179 Å². The van der Waals surface area contributed by atoms with Gasteiger partial charge in [0.2, 0.25) is 0 Å². The summed E-state index contributed by atoms with van der Waals surface area (Å²) in [4.78, 5) is 28.8. The van der Waals surface area contributed by atoms with Crippen molar-refractivity contribution in [2.24, 2.45) is 0 Å². The molecule has 0 spiro atoms. The minimum atomic E-state index is -0.284. The first-order valence-electron chi connectivity index (χ1n) is 9.31. The molecule has 0 N–H and O–H groups in total. The van der Waals surface area contributed by atoms with E-state index in [4.69, 9.17) is 21.1 Å². The molecule has 3 rings (SSSR count). The molecule has 0 saturated carbocycles. The Morgan fingerprint density at radius 3 is 2.31 bits per heavy atom. The van der Waals surface area contributed by atoms with Crippen LogP contribution in [0.4, 0.5) is 0 Å². The highest BCUT2D eigenvalue weighted by Crippen LogP contribution is 2.40.